The maximum Gasteiger partial charge on any atom is 0.308 e. The number of nitrogens with one attached hydrogen (secondary N) is 1. The summed E-state index contributed by atoms with van der Waals surface area (Å²) in [6, 6.07) is 14.8. The summed E-state index contributed by atoms with van der Waals surface area (Å²) in [5.41, 5.74) is 2.99. The second-order valence-electron chi connectivity index (χ2n) is 6.87. The molecule has 0 aliphatic carbocycles. The third kappa shape index (κ3) is 5.26. The number of carbonyl (C=O) groups excluding carboxylic acids is 3. The van der Waals surface area contributed by atoms with Crippen LogP contribution < -0.4 is 10.1 Å². The van der Waals surface area contributed by atoms with Crippen molar-refractivity contribution in [2.24, 2.45) is 0 Å². The first kappa shape index (κ1) is 21.1. The lowest BCUT2D eigenvalue weighted by Crippen LogP contribution is -2.32. The summed E-state index contributed by atoms with van der Waals surface area (Å²) in [5, 5.41) is 2.63. The van der Waals surface area contributed by atoms with Gasteiger partial charge < -0.3 is 19.7 Å². The highest BCUT2D eigenvalue weighted by molar-refractivity contribution is 6.08. The Labute approximate surface area is 175 Å². The van der Waals surface area contributed by atoms with Gasteiger partial charge in [0.05, 0.1) is 13.0 Å². The van der Waals surface area contributed by atoms with Crippen LogP contribution in [0.3, 0.4) is 0 Å². The number of nitrogens with zero attached hydrogens (tertiary/aromatic N) is 1. The molecule has 0 saturated heterocycles. The first-order valence-electron chi connectivity index (χ1n) is 9.67. The van der Waals surface area contributed by atoms with Gasteiger partial charge in [0, 0.05) is 23.4 Å². The summed E-state index contributed by atoms with van der Waals surface area (Å²) in [5.74, 6) is -0.423. The number of esters is 1. The van der Waals surface area contributed by atoms with E-state index in [1.54, 1.807) is 12.1 Å². The van der Waals surface area contributed by atoms with Crippen molar-refractivity contribution in [1.29, 1.82) is 0 Å². The van der Waals surface area contributed by atoms with Crippen molar-refractivity contribution in [2.45, 2.75) is 13.3 Å². The lowest BCUT2D eigenvalue weighted by molar-refractivity contribution is -0.148. The van der Waals surface area contributed by atoms with Gasteiger partial charge in [0.15, 0.2) is 6.61 Å². The van der Waals surface area contributed by atoms with Crippen molar-refractivity contribution in [1.82, 2.24) is 10.2 Å². The molecule has 7 nitrogen and oxygen atoms in total. The monoisotopic (exact) mass is 408 g/mol. The molecular formula is C23H24N2O5. The molecule has 1 N–H and O–H groups in total. The highest BCUT2D eigenvalue weighted by atomic mass is 16.5. The topological polar surface area (TPSA) is 84.9 Å². The lowest BCUT2D eigenvalue weighted by atomic mass is 10.1. The van der Waals surface area contributed by atoms with Crippen molar-refractivity contribution >= 4 is 23.5 Å². The zero-order chi connectivity index (χ0) is 21.5. The fourth-order valence-electron chi connectivity index (χ4n) is 3.11. The van der Waals surface area contributed by atoms with Gasteiger partial charge in [-0.2, -0.15) is 0 Å². The molecule has 0 spiro atoms. The zero-order valence-corrected chi connectivity index (χ0v) is 16.8. The molecule has 2 aromatic rings. The smallest absolute Gasteiger partial charge is 0.308 e. The van der Waals surface area contributed by atoms with Crippen LogP contribution in [0.25, 0.3) is 5.70 Å². The Morgan fingerprint density at radius 3 is 2.60 bits per heavy atom. The molecule has 2 aromatic carbocycles. The van der Waals surface area contributed by atoms with Gasteiger partial charge in [-0.3, -0.25) is 14.4 Å². The Hall–Kier alpha value is -3.61. The fourth-order valence-corrected chi connectivity index (χ4v) is 3.11. The summed E-state index contributed by atoms with van der Waals surface area (Å²) < 4.78 is 10.5. The largest absolute Gasteiger partial charge is 0.492 e. The molecule has 0 aromatic heterocycles. The molecule has 7 heteroatoms. The van der Waals surface area contributed by atoms with Crippen LogP contribution in [0.5, 0.6) is 5.75 Å². The molecule has 156 valence electrons. The molecule has 1 heterocycles. The minimum Gasteiger partial charge on any atom is -0.492 e. The van der Waals surface area contributed by atoms with Gasteiger partial charge in [-0.15, -0.1) is 0 Å². The van der Waals surface area contributed by atoms with E-state index in [1.807, 2.05) is 43.3 Å². The average molecular weight is 408 g/mol. The lowest BCUT2D eigenvalue weighted by Gasteiger charge is -2.16. The van der Waals surface area contributed by atoms with Gasteiger partial charge in [-0.25, -0.2) is 0 Å². The van der Waals surface area contributed by atoms with E-state index in [0.29, 0.717) is 24.4 Å². The molecule has 0 bridgehead atoms. The van der Waals surface area contributed by atoms with E-state index in [4.69, 9.17) is 9.47 Å². The SMILES string of the molecule is C=C1c2ccccc2C(=O)N1CCC(=O)OCC(=O)NCCOc1cccc(C)c1. The van der Waals surface area contributed by atoms with Crippen LogP contribution in [-0.4, -0.2) is 49.0 Å². The van der Waals surface area contributed by atoms with Crippen molar-refractivity contribution in [3.8, 4) is 5.75 Å². The summed E-state index contributed by atoms with van der Waals surface area (Å²) in [6.45, 7) is 6.27. The number of benzene rings is 2. The second-order valence-corrected chi connectivity index (χ2v) is 6.87. The van der Waals surface area contributed by atoms with Crippen LogP contribution in [-0.2, 0) is 14.3 Å². The maximum absolute atomic E-state index is 12.4. The quantitative estimate of drug-likeness (QED) is 0.509. The Morgan fingerprint density at radius 1 is 1.10 bits per heavy atom. The minimum atomic E-state index is -0.558. The fraction of sp³-hybridized carbons (Fsp3) is 0.261. The Bertz CT molecular complexity index is 935. The maximum atomic E-state index is 12.4. The number of hydrogen-bond acceptors (Lipinski definition) is 5. The first-order chi connectivity index (χ1) is 14.5. The molecule has 0 saturated carbocycles. The molecule has 0 radical (unpaired) electrons. The third-order valence-corrected chi connectivity index (χ3v) is 4.63. The van der Waals surface area contributed by atoms with Crippen LogP contribution in [0.15, 0.2) is 55.1 Å². The second kappa shape index (κ2) is 9.73. The van der Waals surface area contributed by atoms with Crippen molar-refractivity contribution in [3.05, 3.63) is 71.8 Å². The van der Waals surface area contributed by atoms with Crippen molar-refractivity contribution < 1.29 is 23.9 Å². The Morgan fingerprint density at radius 2 is 1.87 bits per heavy atom. The van der Waals surface area contributed by atoms with E-state index in [2.05, 4.69) is 11.9 Å². The standard InChI is InChI=1S/C23H24N2O5/c1-16-6-5-7-18(14-16)29-13-11-24-21(26)15-30-22(27)10-12-25-17(2)19-8-3-4-9-20(19)23(25)28/h3-9,14H,2,10-13,15H2,1H3,(H,24,26). The molecule has 1 aliphatic rings. The van der Waals surface area contributed by atoms with Gasteiger partial charge >= 0.3 is 5.97 Å². The van der Waals surface area contributed by atoms with Crippen LogP contribution in [0.1, 0.15) is 27.9 Å². The summed E-state index contributed by atoms with van der Waals surface area (Å²) in [4.78, 5) is 37.6. The van der Waals surface area contributed by atoms with Crippen LogP contribution in [0.2, 0.25) is 0 Å². The summed E-state index contributed by atoms with van der Waals surface area (Å²) in [6.07, 6.45) is -0.0253. The van der Waals surface area contributed by atoms with Crippen molar-refractivity contribution in [2.75, 3.05) is 26.3 Å². The number of hydrogen-bond donors (Lipinski definition) is 1. The van der Waals surface area contributed by atoms with Gasteiger partial charge in [0.1, 0.15) is 12.4 Å². The van der Waals surface area contributed by atoms with Crippen LogP contribution in [0, 0.1) is 6.92 Å². The number of amides is 2. The molecular weight excluding hydrogens is 384 g/mol. The normalized spacial score (nSPS) is 12.5. The van der Waals surface area contributed by atoms with E-state index in [-0.39, 0.29) is 25.5 Å². The number of ether oxygens (including phenoxy) is 2. The Balaban J connectivity index is 1.32. The molecule has 30 heavy (non-hydrogen) atoms. The summed E-state index contributed by atoms with van der Waals surface area (Å²) >= 11 is 0. The van der Waals surface area contributed by atoms with Crippen molar-refractivity contribution in [3.63, 3.8) is 0 Å². The van der Waals surface area contributed by atoms with E-state index >= 15 is 0 Å². The highest BCUT2D eigenvalue weighted by Gasteiger charge is 2.30. The van der Waals surface area contributed by atoms with E-state index < -0.39 is 11.9 Å². The average Bonchev–Trinajstić information content (AvgIpc) is 2.98. The minimum absolute atomic E-state index is 0.0253. The third-order valence-electron chi connectivity index (χ3n) is 4.63. The Kier molecular flexibility index (Phi) is 6.85. The molecule has 2 amide bonds. The van der Waals surface area contributed by atoms with Gasteiger partial charge in [-0.1, -0.05) is 36.9 Å². The van der Waals surface area contributed by atoms with Gasteiger partial charge in [-0.05, 0) is 30.7 Å². The molecule has 0 unspecified atom stereocenters. The molecule has 0 atom stereocenters. The number of rotatable bonds is 9. The predicted octanol–water partition coefficient (Wildman–Crippen LogP) is 2.55. The predicted molar refractivity (Wildman–Crippen MR) is 112 cm³/mol. The van der Waals surface area contributed by atoms with Crippen LogP contribution >= 0.6 is 0 Å². The first-order valence-corrected chi connectivity index (χ1v) is 9.67. The molecule has 0 fully saturated rings. The van der Waals surface area contributed by atoms with E-state index in [1.165, 1.54) is 4.90 Å². The van der Waals surface area contributed by atoms with Crippen LogP contribution in [0.4, 0.5) is 0 Å². The number of carbonyl (C=O) groups is 3. The van der Waals surface area contributed by atoms with Gasteiger partial charge in [0.25, 0.3) is 11.8 Å². The highest BCUT2D eigenvalue weighted by Crippen LogP contribution is 2.31. The van der Waals surface area contributed by atoms with Gasteiger partial charge in [0.2, 0.25) is 0 Å². The van der Waals surface area contributed by atoms with E-state index in [0.717, 1.165) is 16.9 Å². The number of fused-ring (bicyclic) bond motifs is 1. The molecule has 1 aliphatic heterocycles. The zero-order valence-electron chi connectivity index (χ0n) is 16.8. The summed E-state index contributed by atoms with van der Waals surface area (Å²) in [7, 11) is 0. The molecule has 3 rings (SSSR count). The van der Waals surface area contributed by atoms with E-state index in [9.17, 15) is 14.4 Å². The number of aryl methyl sites for hydroxylation is 1.